The first kappa shape index (κ1) is 13.6. The Kier molecular flexibility index (Phi) is 3.08. The third-order valence-corrected chi connectivity index (χ3v) is 5.95. The van der Waals surface area contributed by atoms with Gasteiger partial charge in [0.05, 0.1) is 17.3 Å². The molecule has 0 radical (unpaired) electrons. The summed E-state index contributed by atoms with van der Waals surface area (Å²) in [5.41, 5.74) is 9.59. The van der Waals surface area contributed by atoms with E-state index in [4.69, 9.17) is 5.73 Å². The summed E-state index contributed by atoms with van der Waals surface area (Å²) >= 11 is 1.79. The first-order chi connectivity index (χ1) is 10.7. The molecule has 22 heavy (non-hydrogen) atoms. The van der Waals surface area contributed by atoms with Gasteiger partial charge in [-0.15, -0.1) is 11.3 Å². The van der Waals surface area contributed by atoms with Gasteiger partial charge in [0.15, 0.2) is 0 Å². The van der Waals surface area contributed by atoms with Crippen molar-refractivity contribution in [2.24, 2.45) is 11.7 Å². The number of hydrogen-bond donors (Lipinski definition) is 2. The van der Waals surface area contributed by atoms with Crippen LogP contribution in [-0.2, 0) is 0 Å². The van der Waals surface area contributed by atoms with Crippen LogP contribution in [0, 0.1) is 12.8 Å². The molecule has 4 rings (SSSR count). The zero-order valence-electron chi connectivity index (χ0n) is 12.4. The lowest BCUT2D eigenvalue weighted by Gasteiger charge is -2.38. The maximum atomic E-state index is 11.8. The molecule has 1 aliphatic heterocycles. The molecule has 4 heteroatoms. The molecule has 3 atom stereocenters. The summed E-state index contributed by atoms with van der Waals surface area (Å²) in [7, 11) is 0. The van der Waals surface area contributed by atoms with E-state index >= 15 is 0 Å². The molecule has 3 unspecified atom stereocenters. The zero-order chi connectivity index (χ0) is 15.3. The molecule has 0 bridgehead atoms. The van der Waals surface area contributed by atoms with Crippen molar-refractivity contribution >= 4 is 22.9 Å². The number of nitrogens with one attached hydrogen (secondary N) is 1. The lowest BCUT2D eigenvalue weighted by molar-refractivity contribution is 0.100. The summed E-state index contributed by atoms with van der Waals surface area (Å²) in [6.07, 6.45) is 5.62. The fraction of sp³-hybridized carbons (Fsp3) is 0.278. The lowest BCUT2D eigenvalue weighted by atomic mass is 9.77. The number of carbonyl (C=O) groups is 1. The van der Waals surface area contributed by atoms with Gasteiger partial charge in [-0.2, -0.15) is 0 Å². The summed E-state index contributed by atoms with van der Waals surface area (Å²) in [4.78, 5) is 13.2. The van der Waals surface area contributed by atoms with Crippen molar-refractivity contribution in [2.45, 2.75) is 25.3 Å². The summed E-state index contributed by atoms with van der Waals surface area (Å²) in [5, 5.41) is 5.77. The maximum absolute atomic E-state index is 11.8. The molecule has 1 aliphatic carbocycles. The monoisotopic (exact) mass is 310 g/mol. The van der Waals surface area contributed by atoms with Crippen LogP contribution in [0.1, 0.15) is 44.7 Å². The summed E-state index contributed by atoms with van der Waals surface area (Å²) in [5.74, 6) is 0.501. The Hall–Kier alpha value is -2.07. The van der Waals surface area contributed by atoms with Crippen LogP contribution in [-0.4, -0.2) is 5.91 Å². The topological polar surface area (TPSA) is 55.1 Å². The smallest absolute Gasteiger partial charge is 0.250 e. The van der Waals surface area contributed by atoms with Crippen LogP contribution in [0.4, 0.5) is 5.69 Å². The SMILES string of the molecule is Cc1ccsc1C1Nc2c(C(N)=O)cccc2C2C=CCC21. The van der Waals surface area contributed by atoms with E-state index in [1.165, 1.54) is 16.0 Å². The molecule has 0 saturated heterocycles. The van der Waals surface area contributed by atoms with Gasteiger partial charge in [0.2, 0.25) is 0 Å². The molecular formula is C18H18N2OS. The summed E-state index contributed by atoms with van der Waals surface area (Å²) in [6.45, 7) is 2.15. The number of allylic oxidation sites excluding steroid dienone is 2. The number of anilines is 1. The van der Waals surface area contributed by atoms with E-state index < -0.39 is 0 Å². The molecule has 2 aromatic rings. The summed E-state index contributed by atoms with van der Waals surface area (Å²) in [6, 6.07) is 8.26. The van der Waals surface area contributed by atoms with Gasteiger partial charge in [-0.3, -0.25) is 4.79 Å². The van der Waals surface area contributed by atoms with Gasteiger partial charge in [-0.1, -0.05) is 24.3 Å². The Morgan fingerprint density at radius 2 is 2.23 bits per heavy atom. The van der Waals surface area contributed by atoms with E-state index in [0.717, 1.165) is 12.1 Å². The molecule has 1 amide bonds. The molecule has 1 aromatic heterocycles. The van der Waals surface area contributed by atoms with Crippen LogP contribution in [0.3, 0.4) is 0 Å². The van der Waals surface area contributed by atoms with Crippen LogP contribution < -0.4 is 11.1 Å². The average molecular weight is 310 g/mol. The number of carbonyl (C=O) groups excluding carboxylic acids is 1. The number of hydrogen-bond acceptors (Lipinski definition) is 3. The highest BCUT2D eigenvalue weighted by Crippen LogP contribution is 2.51. The highest BCUT2D eigenvalue weighted by atomic mass is 32.1. The number of aryl methyl sites for hydroxylation is 1. The normalized spacial score (nSPS) is 25.4. The Balaban J connectivity index is 1.87. The Bertz CT molecular complexity index is 777. The quantitative estimate of drug-likeness (QED) is 0.824. The molecule has 112 valence electrons. The van der Waals surface area contributed by atoms with E-state index in [1.54, 1.807) is 11.3 Å². The van der Waals surface area contributed by atoms with Gasteiger partial charge in [0.25, 0.3) is 5.91 Å². The van der Waals surface area contributed by atoms with Gasteiger partial charge in [-0.05, 0) is 47.9 Å². The Labute approximate surface area is 133 Å². The Morgan fingerprint density at radius 3 is 2.95 bits per heavy atom. The van der Waals surface area contributed by atoms with Crippen LogP contribution in [0.25, 0.3) is 0 Å². The number of benzene rings is 1. The van der Waals surface area contributed by atoms with E-state index in [9.17, 15) is 4.79 Å². The number of nitrogens with two attached hydrogens (primary N) is 1. The second-order valence-electron chi connectivity index (χ2n) is 6.08. The van der Waals surface area contributed by atoms with E-state index in [1.807, 2.05) is 12.1 Å². The molecular weight excluding hydrogens is 292 g/mol. The fourth-order valence-electron chi connectivity index (χ4n) is 3.79. The first-order valence-corrected chi connectivity index (χ1v) is 8.44. The maximum Gasteiger partial charge on any atom is 0.250 e. The molecule has 3 nitrogen and oxygen atoms in total. The standard InChI is InChI=1S/C18H18N2OS/c1-10-8-9-22-17(10)16-13-6-2-4-11(13)12-5-3-7-14(18(19)21)15(12)20-16/h2-5,7-9,11,13,16,20H,6H2,1H3,(H2,19,21). The van der Waals surface area contributed by atoms with Gasteiger partial charge >= 0.3 is 0 Å². The summed E-state index contributed by atoms with van der Waals surface area (Å²) < 4.78 is 0. The molecule has 0 spiro atoms. The minimum absolute atomic E-state index is 0.244. The van der Waals surface area contributed by atoms with Gasteiger partial charge in [0.1, 0.15) is 0 Å². The number of primary amides is 1. The minimum Gasteiger partial charge on any atom is -0.376 e. The fourth-order valence-corrected chi connectivity index (χ4v) is 4.84. The van der Waals surface area contributed by atoms with Crippen molar-refractivity contribution in [3.05, 3.63) is 63.4 Å². The molecule has 3 N–H and O–H groups in total. The number of thiophene rings is 1. The predicted octanol–water partition coefficient (Wildman–Crippen LogP) is 3.98. The number of fused-ring (bicyclic) bond motifs is 3. The molecule has 2 aliphatic rings. The number of para-hydroxylation sites is 1. The first-order valence-electron chi connectivity index (χ1n) is 7.56. The van der Waals surface area contributed by atoms with Crippen molar-refractivity contribution in [1.82, 2.24) is 0 Å². The zero-order valence-corrected chi connectivity index (χ0v) is 13.2. The van der Waals surface area contributed by atoms with Crippen molar-refractivity contribution in [3.8, 4) is 0 Å². The van der Waals surface area contributed by atoms with Crippen LogP contribution in [0.15, 0.2) is 41.8 Å². The predicted molar refractivity (Wildman–Crippen MR) is 90.4 cm³/mol. The highest BCUT2D eigenvalue weighted by Gasteiger charge is 2.39. The number of rotatable bonds is 2. The second-order valence-corrected chi connectivity index (χ2v) is 7.03. The Morgan fingerprint density at radius 1 is 1.36 bits per heavy atom. The van der Waals surface area contributed by atoms with Crippen molar-refractivity contribution in [1.29, 1.82) is 0 Å². The van der Waals surface area contributed by atoms with Crippen molar-refractivity contribution in [2.75, 3.05) is 5.32 Å². The van der Waals surface area contributed by atoms with E-state index in [2.05, 4.69) is 41.9 Å². The molecule has 0 saturated carbocycles. The average Bonchev–Trinajstić information content (AvgIpc) is 3.14. The van der Waals surface area contributed by atoms with Gasteiger partial charge in [-0.25, -0.2) is 0 Å². The van der Waals surface area contributed by atoms with E-state index in [-0.39, 0.29) is 11.9 Å². The second kappa shape index (κ2) is 4.99. The minimum atomic E-state index is -0.369. The van der Waals surface area contributed by atoms with Crippen LogP contribution in [0.2, 0.25) is 0 Å². The molecule has 2 heterocycles. The lowest BCUT2D eigenvalue weighted by Crippen LogP contribution is -2.30. The number of amides is 1. The van der Waals surface area contributed by atoms with Gasteiger partial charge in [0, 0.05) is 10.8 Å². The third-order valence-electron chi connectivity index (χ3n) is 4.85. The van der Waals surface area contributed by atoms with Crippen LogP contribution in [0.5, 0.6) is 0 Å². The van der Waals surface area contributed by atoms with Gasteiger partial charge < -0.3 is 11.1 Å². The molecule has 1 aromatic carbocycles. The largest absolute Gasteiger partial charge is 0.376 e. The third kappa shape index (κ3) is 1.91. The molecule has 0 fully saturated rings. The highest BCUT2D eigenvalue weighted by molar-refractivity contribution is 7.10. The van der Waals surface area contributed by atoms with E-state index in [0.29, 0.717) is 17.4 Å². The van der Waals surface area contributed by atoms with Crippen molar-refractivity contribution in [3.63, 3.8) is 0 Å². The van der Waals surface area contributed by atoms with Crippen molar-refractivity contribution < 1.29 is 4.79 Å². The van der Waals surface area contributed by atoms with Crippen LogP contribution >= 0.6 is 11.3 Å².